The number of aryl methyl sites for hydroxylation is 1. The Bertz CT molecular complexity index is 697. The Hall–Kier alpha value is -2.70. The summed E-state index contributed by atoms with van der Waals surface area (Å²) in [6, 6.07) is 6.74. The predicted molar refractivity (Wildman–Crippen MR) is 77.7 cm³/mol. The van der Waals surface area contributed by atoms with E-state index in [-0.39, 0.29) is 23.2 Å². The van der Waals surface area contributed by atoms with E-state index in [0.717, 1.165) is 6.42 Å². The van der Waals surface area contributed by atoms with Gasteiger partial charge < -0.3 is 10.1 Å². The van der Waals surface area contributed by atoms with Crippen LogP contribution in [0.3, 0.4) is 0 Å². The zero-order chi connectivity index (χ0) is 15.2. The van der Waals surface area contributed by atoms with Crippen LogP contribution in [0.25, 0.3) is 0 Å². The first-order valence-electron chi connectivity index (χ1n) is 6.58. The maximum atomic E-state index is 11.8. The number of rotatable bonds is 5. The zero-order valence-corrected chi connectivity index (χ0v) is 11.8. The highest BCUT2D eigenvalue weighted by Crippen LogP contribution is 2.14. The van der Waals surface area contributed by atoms with Crippen LogP contribution in [0.1, 0.15) is 29.4 Å². The van der Waals surface area contributed by atoms with E-state index in [1.807, 2.05) is 6.92 Å². The minimum atomic E-state index is -0.385. The minimum Gasteiger partial charge on any atom is -0.462 e. The van der Waals surface area contributed by atoms with Crippen molar-refractivity contribution < 1.29 is 9.53 Å². The first-order chi connectivity index (χ1) is 10.1. The second-order valence-corrected chi connectivity index (χ2v) is 4.43. The lowest BCUT2D eigenvalue weighted by atomic mass is 10.2. The second-order valence-electron chi connectivity index (χ2n) is 4.43. The molecule has 0 saturated heterocycles. The van der Waals surface area contributed by atoms with E-state index in [4.69, 9.17) is 4.74 Å². The largest absolute Gasteiger partial charge is 0.462 e. The predicted octanol–water partition coefficient (Wildman–Crippen LogP) is 1.78. The third-order valence-electron chi connectivity index (χ3n) is 2.66. The van der Waals surface area contributed by atoms with Crippen molar-refractivity contribution in [3.8, 4) is 0 Å². The summed E-state index contributed by atoms with van der Waals surface area (Å²) in [4.78, 5) is 25.8. The van der Waals surface area contributed by atoms with Gasteiger partial charge in [-0.1, -0.05) is 13.0 Å². The van der Waals surface area contributed by atoms with Crippen molar-refractivity contribution in [2.24, 2.45) is 0 Å². The molecule has 0 fully saturated rings. The number of ether oxygens (including phenoxy) is 1. The number of aromatic nitrogens is 3. The molecule has 1 aromatic heterocycles. The second kappa shape index (κ2) is 6.65. The van der Waals surface area contributed by atoms with Gasteiger partial charge in [-0.05, 0) is 31.5 Å². The van der Waals surface area contributed by atoms with Gasteiger partial charge in [0.15, 0.2) is 0 Å². The molecule has 0 unspecified atom stereocenters. The third kappa shape index (κ3) is 3.88. The summed E-state index contributed by atoms with van der Waals surface area (Å²) >= 11 is 0. The van der Waals surface area contributed by atoms with Crippen LogP contribution in [-0.2, 0) is 4.74 Å². The van der Waals surface area contributed by atoms with Crippen molar-refractivity contribution in [2.45, 2.75) is 20.3 Å². The topological polar surface area (TPSA) is 97.0 Å². The van der Waals surface area contributed by atoms with Crippen LogP contribution in [0.15, 0.2) is 29.1 Å². The average molecular weight is 288 g/mol. The van der Waals surface area contributed by atoms with Gasteiger partial charge in [0, 0.05) is 5.69 Å². The summed E-state index contributed by atoms with van der Waals surface area (Å²) in [5.41, 5.74) is 1.01. The van der Waals surface area contributed by atoms with E-state index >= 15 is 0 Å². The minimum absolute atomic E-state index is 0.213. The fraction of sp³-hybridized carbons (Fsp3) is 0.286. The molecule has 1 heterocycles. The summed E-state index contributed by atoms with van der Waals surface area (Å²) in [6.07, 6.45) is 0.768. The highest BCUT2D eigenvalue weighted by Gasteiger charge is 2.08. The molecule has 2 N–H and O–H groups in total. The van der Waals surface area contributed by atoms with E-state index in [1.54, 1.807) is 31.2 Å². The number of nitrogens with zero attached hydrogens (tertiary/aromatic N) is 2. The van der Waals surface area contributed by atoms with Crippen LogP contribution in [0.2, 0.25) is 0 Å². The first-order valence-corrected chi connectivity index (χ1v) is 6.58. The Morgan fingerprint density at radius 1 is 1.38 bits per heavy atom. The Morgan fingerprint density at radius 3 is 2.90 bits per heavy atom. The lowest BCUT2D eigenvalue weighted by Gasteiger charge is -2.07. The molecule has 0 atom stereocenters. The van der Waals surface area contributed by atoms with Gasteiger partial charge in [-0.15, -0.1) is 10.2 Å². The van der Waals surface area contributed by atoms with Crippen molar-refractivity contribution in [1.29, 1.82) is 0 Å². The highest BCUT2D eigenvalue weighted by molar-refractivity contribution is 5.90. The summed E-state index contributed by atoms with van der Waals surface area (Å²) in [5, 5.41) is 10.4. The first kappa shape index (κ1) is 14.7. The van der Waals surface area contributed by atoms with Crippen molar-refractivity contribution in [1.82, 2.24) is 15.2 Å². The number of nitrogens with one attached hydrogen (secondary N) is 2. The van der Waals surface area contributed by atoms with E-state index in [2.05, 4.69) is 20.5 Å². The molecule has 1 aromatic carbocycles. The molecule has 0 saturated carbocycles. The normalized spacial score (nSPS) is 10.2. The van der Waals surface area contributed by atoms with Gasteiger partial charge in [0.05, 0.1) is 12.2 Å². The Kier molecular flexibility index (Phi) is 4.65. The summed E-state index contributed by atoms with van der Waals surface area (Å²) in [7, 11) is 0. The van der Waals surface area contributed by atoms with Gasteiger partial charge in [-0.2, -0.15) is 0 Å². The van der Waals surface area contributed by atoms with E-state index in [0.29, 0.717) is 17.9 Å². The third-order valence-corrected chi connectivity index (χ3v) is 2.66. The maximum absolute atomic E-state index is 11.8. The van der Waals surface area contributed by atoms with Crippen molar-refractivity contribution in [3.05, 3.63) is 45.9 Å². The van der Waals surface area contributed by atoms with Crippen molar-refractivity contribution in [2.75, 3.05) is 11.9 Å². The number of benzene rings is 1. The van der Waals surface area contributed by atoms with Crippen LogP contribution in [0.4, 0.5) is 11.6 Å². The number of anilines is 2. The molecular formula is C14H16N4O3. The molecule has 0 bridgehead atoms. The Morgan fingerprint density at radius 2 is 2.19 bits per heavy atom. The number of hydrogen-bond acceptors (Lipinski definition) is 6. The van der Waals surface area contributed by atoms with Crippen LogP contribution in [-0.4, -0.2) is 27.8 Å². The number of esters is 1. The summed E-state index contributed by atoms with van der Waals surface area (Å²) in [6.45, 7) is 3.88. The number of carbonyl (C=O) groups is 1. The molecule has 0 spiro atoms. The molecule has 0 aliphatic heterocycles. The van der Waals surface area contributed by atoms with Gasteiger partial charge in [0.25, 0.3) is 5.56 Å². The van der Waals surface area contributed by atoms with Crippen LogP contribution in [0, 0.1) is 6.92 Å². The van der Waals surface area contributed by atoms with Gasteiger partial charge in [-0.25, -0.2) is 4.79 Å². The fourth-order valence-corrected chi connectivity index (χ4v) is 1.59. The van der Waals surface area contributed by atoms with Crippen molar-refractivity contribution >= 4 is 17.6 Å². The molecular weight excluding hydrogens is 272 g/mol. The lowest BCUT2D eigenvalue weighted by molar-refractivity contribution is 0.0505. The van der Waals surface area contributed by atoms with Gasteiger partial charge >= 0.3 is 5.97 Å². The van der Waals surface area contributed by atoms with E-state index < -0.39 is 0 Å². The van der Waals surface area contributed by atoms with Gasteiger partial charge in [0.1, 0.15) is 5.69 Å². The number of aromatic amines is 1. The molecule has 0 aliphatic carbocycles. The molecule has 110 valence electrons. The number of hydrogen-bond donors (Lipinski definition) is 2. The van der Waals surface area contributed by atoms with Crippen LogP contribution in [0.5, 0.6) is 0 Å². The zero-order valence-electron chi connectivity index (χ0n) is 11.8. The molecule has 7 heteroatoms. The van der Waals surface area contributed by atoms with Gasteiger partial charge in [0.2, 0.25) is 5.95 Å². The Labute approximate surface area is 121 Å². The van der Waals surface area contributed by atoms with E-state index in [1.165, 1.54) is 0 Å². The summed E-state index contributed by atoms with van der Waals surface area (Å²) < 4.78 is 5.06. The lowest BCUT2D eigenvalue weighted by Crippen LogP contribution is -2.15. The van der Waals surface area contributed by atoms with Crippen LogP contribution >= 0.6 is 0 Å². The standard InChI is InChI=1S/C14H16N4O3/c1-3-7-21-13(20)10-5-4-6-11(8-10)15-14-16-12(19)9(2)17-18-14/h4-6,8H,3,7H2,1-2H3,(H2,15,16,18,19). The monoisotopic (exact) mass is 288 g/mol. The number of H-pyrrole nitrogens is 1. The fourth-order valence-electron chi connectivity index (χ4n) is 1.59. The molecule has 2 rings (SSSR count). The maximum Gasteiger partial charge on any atom is 0.338 e. The average Bonchev–Trinajstić information content (AvgIpc) is 2.49. The summed E-state index contributed by atoms with van der Waals surface area (Å²) in [5.74, 6) is -0.173. The highest BCUT2D eigenvalue weighted by atomic mass is 16.5. The molecule has 0 aliphatic rings. The molecule has 0 radical (unpaired) electrons. The smallest absolute Gasteiger partial charge is 0.338 e. The van der Waals surface area contributed by atoms with E-state index in [9.17, 15) is 9.59 Å². The van der Waals surface area contributed by atoms with Crippen molar-refractivity contribution in [3.63, 3.8) is 0 Å². The van der Waals surface area contributed by atoms with Crippen LogP contribution < -0.4 is 10.9 Å². The van der Waals surface area contributed by atoms with Gasteiger partial charge in [-0.3, -0.25) is 9.78 Å². The molecule has 2 aromatic rings. The SMILES string of the molecule is CCCOC(=O)c1cccc(Nc2nnc(C)c(=O)[nH]2)c1. The Balaban J connectivity index is 2.15. The molecule has 7 nitrogen and oxygen atoms in total. The molecule has 21 heavy (non-hydrogen) atoms. The molecule has 0 amide bonds. The number of carbonyl (C=O) groups excluding carboxylic acids is 1. The quantitative estimate of drug-likeness (QED) is 0.814.